The zero-order valence-corrected chi connectivity index (χ0v) is 13.9. The van der Waals surface area contributed by atoms with Crippen molar-refractivity contribution in [2.24, 2.45) is 0 Å². The average molecular weight is 367 g/mol. The summed E-state index contributed by atoms with van der Waals surface area (Å²) < 4.78 is 8.96. The largest absolute Gasteiger partial charge is 1.00 e. The molecule has 0 aliphatic rings. The van der Waals surface area contributed by atoms with Crippen LogP contribution in [-0.4, -0.2) is 22.4 Å². The van der Waals surface area contributed by atoms with Crippen molar-refractivity contribution < 1.29 is 38.1 Å². The number of carbonyl (C=O) groups excluding carboxylic acids is 1. The van der Waals surface area contributed by atoms with Gasteiger partial charge in [0.15, 0.2) is 0 Å². The third-order valence-corrected chi connectivity index (χ3v) is 2.66. The standard InChI is InChI=1S/C12H22N3O2.HI/c1-6-14-10(5)15(9(3)4)11(13-14)8-12(16)17-7-2;/h9H,6-8H2,1-5H3;1H/q+1;/p-1. The van der Waals surface area contributed by atoms with Crippen LogP contribution in [0, 0.1) is 6.92 Å². The summed E-state index contributed by atoms with van der Waals surface area (Å²) in [6.45, 7) is 11.3. The Morgan fingerprint density at radius 2 is 2.06 bits per heavy atom. The third kappa shape index (κ3) is 3.93. The van der Waals surface area contributed by atoms with Gasteiger partial charge in [0.1, 0.15) is 13.0 Å². The molecule has 0 N–H and O–H groups in total. The lowest BCUT2D eigenvalue weighted by Gasteiger charge is -2.05. The van der Waals surface area contributed by atoms with Crippen molar-refractivity contribution in [3.05, 3.63) is 11.6 Å². The molecule has 0 aliphatic heterocycles. The first-order valence-corrected chi connectivity index (χ1v) is 6.14. The van der Waals surface area contributed by atoms with Gasteiger partial charge in [-0.1, -0.05) is 0 Å². The van der Waals surface area contributed by atoms with Gasteiger partial charge in [0.25, 0.3) is 5.82 Å². The monoisotopic (exact) mass is 367 g/mol. The molecule has 0 aliphatic carbocycles. The smallest absolute Gasteiger partial charge is 0.316 e. The molecule has 0 radical (unpaired) electrons. The van der Waals surface area contributed by atoms with E-state index in [9.17, 15) is 4.79 Å². The zero-order valence-electron chi connectivity index (χ0n) is 11.7. The highest BCUT2D eigenvalue weighted by atomic mass is 127. The van der Waals surface area contributed by atoms with Gasteiger partial charge in [0.2, 0.25) is 5.82 Å². The minimum absolute atomic E-state index is 0. The lowest BCUT2D eigenvalue weighted by molar-refractivity contribution is -0.728. The maximum absolute atomic E-state index is 11.5. The van der Waals surface area contributed by atoms with Crippen molar-refractivity contribution in [1.29, 1.82) is 0 Å². The van der Waals surface area contributed by atoms with E-state index in [0.29, 0.717) is 12.6 Å². The van der Waals surface area contributed by atoms with E-state index in [1.54, 1.807) is 0 Å². The summed E-state index contributed by atoms with van der Waals surface area (Å²) in [4.78, 5) is 11.5. The maximum atomic E-state index is 11.5. The highest BCUT2D eigenvalue weighted by molar-refractivity contribution is 5.71. The molecule has 1 rings (SSSR count). The number of ether oxygens (including phenoxy) is 1. The molecule has 1 heterocycles. The second-order valence-electron chi connectivity index (χ2n) is 4.22. The van der Waals surface area contributed by atoms with Crippen LogP contribution in [0.3, 0.4) is 0 Å². The van der Waals surface area contributed by atoms with Crippen LogP contribution in [0.1, 0.15) is 45.4 Å². The number of aromatic nitrogens is 3. The Labute approximate surface area is 126 Å². The molecule has 0 saturated heterocycles. The third-order valence-electron chi connectivity index (χ3n) is 2.66. The van der Waals surface area contributed by atoms with Gasteiger partial charge in [-0.05, 0) is 27.7 Å². The molecule has 5 nitrogen and oxygen atoms in total. The molecule has 0 aromatic carbocycles. The minimum atomic E-state index is -0.220. The van der Waals surface area contributed by atoms with E-state index in [1.807, 2.05) is 25.5 Å². The molecule has 0 spiro atoms. The number of esters is 1. The highest BCUT2D eigenvalue weighted by Gasteiger charge is 2.25. The first-order chi connectivity index (χ1) is 8.01. The Hall–Kier alpha value is -0.660. The van der Waals surface area contributed by atoms with Crippen molar-refractivity contribution in [3.63, 3.8) is 0 Å². The summed E-state index contributed by atoms with van der Waals surface area (Å²) in [5.74, 6) is 1.63. The topological polar surface area (TPSA) is 48.0 Å². The van der Waals surface area contributed by atoms with Crippen LogP contribution in [0.4, 0.5) is 0 Å². The molecule has 1 aromatic heterocycles. The van der Waals surface area contributed by atoms with Gasteiger partial charge in [-0.2, -0.15) is 0 Å². The second-order valence-corrected chi connectivity index (χ2v) is 4.22. The van der Waals surface area contributed by atoms with Crippen LogP contribution in [0.25, 0.3) is 0 Å². The van der Waals surface area contributed by atoms with Crippen molar-refractivity contribution in [1.82, 2.24) is 9.78 Å². The average Bonchev–Trinajstić information content (AvgIpc) is 2.55. The summed E-state index contributed by atoms with van der Waals surface area (Å²) in [6.07, 6.45) is 0.236. The number of hydrogen-bond acceptors (Lipinski definition) is 3. The molecule has 0 saturated carbocycles. The van der Waals surface area contributed by atoms with E-state index < -0.39 is 0 Å². The Morgan fingerprint density at radius 3 is 2.50 bits per heavy atom. The number of rotatable bonds is 5. The molecule has 0 bridgehead atoms. The summed E-state index contributed by atoms with van der Waals surface area (Å²) in [5.41, 5.74) is 0. The van der Waals surface area contributed by atoms with Gasteiger partial charge in [0.05, 0.1) is 12.6 Å². The number of halogens is 1. The number of nitrogens with zero attached hydrogens (tertiary/aromatic N) is 3. The van der Waals surface area contributed by atoms with Crippen molar-refractivity contribution >= 4 is 5.97 Å². The molecule has 0 fully saturated rings. The Morgan fingerprint density at radius 1 is 1.44 bits per heavy atom. The van der Waals surface area contributed by atoms with Crippen molar-refractivity contribution in [3.8, 4) is 0 Å². The number of hydrogen-bond donors (Lipinski definition) is 0. The van der Waals surface area contributed by atoms with Crippen molar-refractivity contribution in [2.45, 2.75) is 53.6 Å². The SMILES string of the molecule is CCOC(=O)Cc1nn(CC)c(C)[n+]1C(C)C.[I-]. The fourth-order valence-electron chi connectivity index (χ4n) is 2.00. The van der Waals surface area contributed by atoms with E-state index in [2.05, 4.69) is 23.5 Å². The summed E-state index contributed by atoms with van der Waals surface area (Å²) >= 11 is 0. The zero-order chi connectivity index (χ0) is 13.0. The van der Waals surface area contributed by atoms with E-state index >= 15 is 0 Å². The maximum Gasteiger partial charge on any atom is 0.316 e. The molecule has 0 amide bonds. The van der Waals surface area contributed by atoms with Gasteiger partial charge >= 0.3 is 5.97 Å². The number of aryl methyl sites for hydroxylation is 1. The van der Waals surface area contributed by atoms with Crippen LogP contribution < -0.4 is 28.5 Å². The fourth-order valence-corrected chi connectivity index (χ4v) is 2.00. The van der Waals surface area contributed by atoms with Crippen LogP contribution >= 0.6 is 0 Å². The van der Waals surface area contributed by atoms with Gasteiger partial charge in [-0.25, -0.2) is 4.57 Å². The molecular formula is C12H22IN3O2. The molecule has 104 valence electrons. The summed E-state index contributed by atoms with van der Waals surface area (Å²) in [7, 11) is 0. The lowest BCUT2D eigenvalue weighted by atomic mass is 10.3. The molecular weight excluding hydrogens is 345 g/mol. The number of carbonyl (C=O) groups is 1. The van der Waals surface area contributed by atoms with Gasteiger partial charge in [0, 0.05) is 12.0 Å². The highest BCUT2D eigenvalue weighted by Crippen LogP contribution is 2.03. The minimum Gasteiger partial charge on any atom is -1.00 e. The van der Waals surface area contributed by atoms with E-state index in [0.717, 1.165) is 18.2 Å². The first kappa shape index (κ1) is 17.3. The summed E-state index contributed by atoms with van der Waals surface area (Å²) in [6, 6.07) is 0.291. The molecule has 1 aromatic rings. The van der Waals surface area contributed by atoms with Crippen LogP contribution in [0.2, 0.25) is 0 Å². The van der Waals surface area contributed by atoms with E-state index in [-0.39, 0.29) is 36.4 Å². The van der Waals surface area contributed by atoms with Crippen LogP contribution in [-0.2, 0) is 22.5 Å². The predicted molar refractivity (Wildman–Crippen MR) is 63.6 cm³/mol. The Bertz CT molecular complexity index is 402. The molecule has 0 unspecified atom stereocenters. The predicted octanol–water partition coefficient (Wildman–Crippen LogP) is -1.81. The van der Waals surface area contributed by atoms with Gasteiger partial charge < -0.3 is 28.7 Å². The quantitative estimate of drug-likeness (QED) is 0.350. The molecule has 6 heteroatoms. The Kier molecular flexibility index (Phi) is 7.42. The van der Waals surface area contributed by atoms with Crippen LogP contribution in [0.15, 0.2) is 0 Å². The van der Waals surface area contributed by atoms with Gasteiger partial charge in [-0.3, -0.25) is 4.79 Å². The fraction of sp³-hybridized carbons (Fsp3) is 0.750. The van der Waals surface area contributed by atoms with E-state index in [1.165, 1.54) is 0 Å². The van der Waals surface area contributed by atoms with Gasteiger partial charge in [-0.15, -0.1) is 4.68 Å². The Balaban J connectivity index is 0.00000289. The first-order valence-electron chi connectivity index (χ1n) is 6.14. The second kappa shape index (κ2) is 7.70. The van der Waals surface area contributed by atoms with Crippen LogP contribution in [0.5, 0.6) is 0 Å². The summed E-state index contributed by atoms with van der Waals surface area (Å²) in [5, 5.41) is 4.45. The normalized spacial score (nSPS) is 10.3. The molecule has 18 heavy (non-hydrogen) atoms. The van der Waals surface area contributed by atoms with E-state index in [4.69, 9.17) is 4.74 Å². The molecule has 0 atom stereocenters. The lowest BCUT2D eigenvalue weighted by Crippen LogP contribution is -3.00. The van der Waals surface area contributed by atoms with Crippen molar-refractivity contribution in [2.75, 3.05) is 6.61 Å².